The van der Waals surface area contributed by atoms with Crippen molar-refractivity contribution >= 4 is 66.2 Å². The van der Waals surface area contributed by atoms with E-state index in [1.54, 1.807) is 57.5 Å². The number of nitriles is 1. The minimum Gasteiger partial charge on any atom is -0.491 e. The van der Waals surface area contributed by atoms with Gasteiger partial charge in [0.15, 0.2) is 0 Å². The van der Waals surface area contributed by atoms with E-state index in [9.17, 15) is 23.3 Å². The number of pyridine rings is 2. The molecule has 0 N–H and O–H groups in total. The van der Waals surface area contributed by atoms with Crippen LogP contribution in [0.1, 0.15) is 48.2 Å². The number of carbonyl (C=O) groups is 1. The molecule has 15 heteroatoms. The molecular weight excluding hydrogens is 678 g/mol. The third-order valence-electron chi connectivity index (χ3n) is 6.86. The number of rotatable bonds is 10. The summed E-state index contributed by atoms with van der Waals surface area (Å²) < 4.78 is 41.1. The molecule has 0 fully saturated rings. The SMILES string of the molecule is Cc1nc2cnc(/C=C/COS(C)(=O)=O)c(C#N)c2c(=O)n1CCOc1ccc(Cl)cc1-c1ccnc2c(C(=O)OC(C)(C)C)csc12. The lowest BCUT2D eigenvalue weighted by Crippen LogP contribution is -2.27. The molecule has 0 spiro atoms. The van der Waals surface area contributed by atoms with E-state index < -0.39 is 27.2 Å². The molecule has 4 aromatic heterocycles. The maximum Gasteiger partial charge on any atom is 0.341 e. The number of hydrogen-bond acceptors (Lipinski definition) is 12. The number of halogens is 1. The second kappa shape index (κ2) is 13.8. The first-order valence-corrected chi connectivity index (χ1v) is 17.6. The lowest BCUT2D eigenvalue weighted by Gasteiger charge is -2.19. The zero-order valence-electron chi connectivity index (χ0n) is 26.6. The summed E-state index contributed by atoms with van der Waals surface area (Å²) in [4.78, 5) is 39.8. The summed E-state index contributed by atoms with van der Waals surface area (Å²) >= 11 is 7.76. The van der Waals surface area contributed by atoms with Crippen LogP contribution in [0.3, 0.4) is 0 Å². The number of aryl methyl sites for hydroxylation is 1. The van der Waals surface area contributed by atoms with E-state index in [4.69, 9.17) is 25.3 Å². The van der Waals surface area contributed by atoms with Crippen molar-refractivity contribution < 1.29 is 26.9 Å². The number of benzene rings is 1. The first kappa shape index (κ1) is 34.6. The zero-order valence-corrected chi connectivity index (χ0v) is 29.0. The fourth-order valence-electron chi connectivity index (χ4n) is 4.87. The molecule has 1 aromatic carbocycles. The second-order valence-corrected chi connectivity index (χ2v) is 14.5. The van der Waals surface area contributed by atoms with Crippen molar-refractivity contribution in [3.8, 4) is 22.9 Å². The highest BCUT2D eigenvalue weighted by Gasteiger charge is 2.23. The summed E-state index contributed by atoms with van der Waals surface area (Å²) in [5, 5.41) is 12.2. The van der Waals surface area contributed by atoms with Gasteiger partial charge in [0.2, 0.25) is 0 Å². The first-order chi connectivity index (χ1) is 22.7. The molecule has 0 saturated heterocycles. The molecule has 0 aliphatic rings. The molecule has 0 unspecified atom stereocenters. The quantitative estimate of drug-likeness (QED) is 0.125. The van der Waals surface area contributed by atoms with Gasteiger partial charge in [-0.1, -0.05) is 17.7 Å². The van der Waals surface area contributed by atoms with Gasteiger partial charge in [-0.15, -0.1) is 11.3 Å². The van der Waals surface area contributed by atoms with Crippen molar-refractivity contribution in [1.29, 1.82) is 5.26 Å². The van der Waals surface area contributed by atoms with Gasteiger partial charge < -0.3 is 9.47 Å². The van der Waals surface area contributed by atoms with Crippen molar-refractivity contribution in [2.75, 3.05) is 19.5 Å². The van der Waals surface area contributed by atoms with Crippen molar-refractivity contribution in [3.63, 3.8) is 0 Å². The number of ether oxygens (including phenoxy) is 2. The van der Waals surface area contributed by atoms with E-state index in [0.29, 0.717) is 33.2 Å². The fourth-order valence-corrected chi connectivity index (χ4v) is 6.39. The molecule has 0 amide bonds. The summed E-state index contributed by atoms with van der Waals surface area (Å²) in [5.74, 6) is 0.418. The molecule has 0 radical (unpaired) electrons. The Hall–Kier alpha value is -4.68. The van der Waals surface area contributed by atoms with Crippen LogP contribution in [0.15, 0.2) is 52.9 Å². The normalized spacial score (nSPS) is 12.1. The van der Waals surface area contributed by atoms with Crippen molar-refractivity contribution in [3.05, 3.63) is 86.1 Å². The third kappa shape index (κ3) is 7.71. The van der Waals surface area contributed by atoms with Crippen LogP contribution in [0.4, 0.5) is 0 Å². The van der Waals surface area contributed by atoms with Gasteiger partial charge in [-0.2, -0.15) is 13.7 Å². The van der Waals surface area contributed by atoms with E-state index in [1.165, 1.54) is 34.3 Å². The standard InChI is InChI=1S/C33H30ClN5O7S2/c1-19-38-26-17-37-25(7-6-13-45-48(5,42)43)23(16-35)28(26)31(40)39(19)12-14-44-27-9-8-20(34)15-22(27)21-10-11-36-29-24(18-47-30(21)29)32(41)46-33(2,3)4/h6-11,15,17-18H,12-14H2,1-5H3/b7-6+. The Morgan fingerprint density at radius 2 is 1.96 bits per heavy atom. The average molecular weight is 708 g/mol. The van der Waals surface area contributed by atoms with Crippen LogP contribution < -0.4 is 10.3 Å². The van der Waals surface area contributed by atoms with E-state index in [1.807, 2.05) is 12.1 Å². The molecule has 248 valence electrons. The van der Waals surface area contributed by atoms with E-state index in [0.717, 1.165) is 16.5 Å². The second-order valence-electron chi connectivity index (χ2n) is 11.6. The molecule has 5 rings (SSSR count). The molecule has 48 heavy (non-hydrogen) atoms. The Balaban J connectivity index is 1.44. The van der Waals surface area contributed by atoms with Gasteiger partial charge in [-0.25, -0.2) is 9.78 Å². The molecule has 0 saturated carbocycles. The van der Waals surface area contributed by atoms with Gasteiger partial charge in [0.25, 0.3) is 15.7 Å². The number of carbonyl (C=O) groups excluding carboxylic acids is 1. The van der Waals surface area contributed by atoms with E-state index in [2.05, 4.69) is 15.0 Å². The first-order valence-electron chi connectivity index (χ1n) is 14.5. The minimum atomic E-state index is -3.65. The minimum absolute atomic E-state index is 0.00124. The molecule has 12 nitrogen and oxygen atoms in total. The largest absolute Gasteiger partial charge is 0.491 e. The van der Waals surface area contributed by atoms with Crippen molar-refractivity contribution in [2.45, 2.75) is 39.8 Å². The molecule has 4 heterocycles. The molecule has 0 aliphatic carbocycles. The van der Waals surface area contributed by atoms with E-state index >= 15 is 0 Å². The maximum atomic E-state index is 13.7. The van der Waals surface area contributed by atoms with Gasteiger partial charge in [0.1, 0.15) is 29.9 Å². The molecule has 0 aliphatic heterocycles. The highest BCUT2D eigenvalue weighted by atomic mass is 35.5. The summed E-state index contributed by atoms with van der Waals surface area (Å²) in [7, 11) is -3.65. The summed E-state index contributed by atoms with van der Waals surface area (Å²) in [6.07, 6.45) is 6.72. The third-order valence-corrected chi connectivity index (χ3v) is 8.67. The topological polar surface area (TPSA) is 163 Å². The van der Waals surface area contributed by atoms with Gasteiger partial charge in [-0.3, -0.25) is 23.5 Å². The monoisotopic (exact) mass is 707 g/mol. The van der Waals surface area contributed by atoms with Gasteiger partial charge >= 0.3 is 5.97 Å². The van der Waals surface area contributed by atoms with Crippen LogP contribution in [0.25, 0.3) is 38.3 Å². The lowest BCUT2D eigenvalue weighted by molar-refractivity contribution is 0.00720. The van der Waals surface area contributed by atoms with Crippen LogP contribution in [-0.4, -0.2) is 59.0 Å². The van der Waals surface area contributed by atoms with Crippen LogP contribution in [0.5, 0.6) is 5.75 Å². The van der Waals surface area contributed by atoms with Crippen molar-refractivity contribution in [1.82, 2.24) is 19.5 Å². The van der Waals surface area contributed by atoms with E-state index in [-0.39, 0.29) is 41.9 Å². The predicted molar refractivity (Wildman–Crippen MR) is 184 cm³/mol. The number of hydrogen-bond donors (Lipinski definition) is 0. The van der Waals surface area contributed by atoms with Crippen molar-refractivity contribution in [2.24, 2.45) is 0 Å². The number of fused-ring (bicyclic) bond motifs is 2. The van der Waals surface area contributed by atoms with Gasteiger partial charge in [0.05, 0.1) is 63.5 Å². The number of aromatic nitrogens is 4. The Kier molecular flexibility index (Phi) is 9.97. The molecule has 0 atom stereocenters. The van der Waals surface area contributed by atoms with Crippen LogP contribution in [0, 0.1) is 18.3 Å². The molecular formula is C33H30ClN5O7S2. The molecule has 5 aromatic rings. The number of nitrogens with zero attached hydrogens (tertiary/aromatic N) is 5. The van der Waals surface area contributed by atoms with Crippen LogP contribution in [-0.2, 0) is 25.6 Å². The Bertz CT molecular complexity index is 2300. The number of thiophene rings is 1. The highest BCUT2D eigenvalue weighted by Crippen LogP contribution is 2.40. The van der Waals surface area contributed by atoms with Crippen LogP contribution >= 0.6 is 22.9 Å². The Labute approximate surface area is 285 Å². The van der Waals surface area contributed by atoms with Crippen LogP contribution in [0.2, 0.25) is 5.02 Å². The fraction of sp³-hybridized carbons (Fsp3) is 0.273. The summed E-state index contributed by atoms with van der Waals surface area (Å²) in [5.41, 5.74) is 1.59. The summed E-state index contributed by atoms with van der Waals surface area (Å²) in [6, 6.07) is 9.02. The summed E-state index contributed by atoms with van der Waals surface area (Å²) in [6.45, 7) is 6.98. The lowest BCUT2D eigenvalue weighted by atomic mass is 10.0. The Morgan fingerprint density at radius 3 is 2.67 bits per heavy atom. The zero-order chi connectivity index (χ0) is 34.8. The Morgan fingerprint density at radius 1 is 1.19 bits per heavy atom. The predicted octanol–water partition coefficient (Wildman–Crippen LogP) is 5.93. The maximum absolute atomic E-state index is 13.7. The average Bonchev–Trinajstić information content (AvgIpc) is 3.45. The molecule has 0 bridgehead atoms. The van der Waals surface area contributed by atoms with Gasteiger partial charge in [-0.05, 0) is 58.0 Å². The van der Waals surface area contributed by atoms with Gasteiger partial charge in [0, 0.05) is 27.7 Å². The smallest absolute Gasteiger partial charge is 0.341 e. The number of esters is 1. The highest BCUT2D eigenvalue weighted by molar-refractivity contribution is 7.86.